The van der Waals surface area contributed by atoms with E-state index in [-0.39, 0.29) is 0 Å². The normalized spacial score (nSPS) is 16.6. The molecule has 0 aromatic rings. The maximum atomic E-state index is 4.31. The van der Waals surface area contributed by atoms with Crippen LogP contribution in [0.3, 0.4) is 0 Å². The van der Waals surface area contributed by atoms with E-state index in [9.17, 15) is 0 Å². The summed E-state index contributed by atoms with van der Waals surface area (Å²) in [5.41, 5.74) is 1.25. The van der Waals surface area contributed by atoms with Crippen LogP contribution in [0.4, 0.5) is 0 Å². The molecule has 0 fully saturated rings. The van der Waals surface area contributed by atoms with Gasteiger partial charge < -0.3 is 0 Å². The van der Waals surface area contributed by atoms with Crippen molar-refractivity contribution in [2.24, 2.45) is 4.40 Å². The first-order valence-electron chi connectivity index (χ1n) is 3.99. The zero-order chi connectivity index (χ0) is 7.94. The molecule has 1 aliphatic rings. The minimum absolute atomic E-state index is 1.15. The Balaban J connectivity index is 2.15. The van der Waals surface area contributed by atoms with E-state index in [4.69, 9.17) is 0 Å². The lowest BCUT2D eigenvalue weighted by Gasteiger charge is -2.02. The highest BCUT2D eigenvalue weighted by atomic mass is 33.1. The third-order valence-electron chi connectivity index (χ3n) is 1.55. The van der Waals surface area contributed by atoms with Crippen LogP contribution in [0.2, 0.25) is 0 Å². The van der Waals surface area contributed by atoms with Gasteiger partial charge in [0, 0.05) is 11.0 Å². The second-order valence-corrected chi connectivity index (χ2v) is 4.33. The monoisotopic (exact) mass is 187 g/mol. The average Bonchev–Trinajstić information content (AvgIpc) is 2.07. The summed E-state index contributed by atoms with van der Waals surface area (Å²) in [5, 5.41) is 2.11. The van der Waals surface area contributed by atoms with Crippen LogP contribution in [0.25, 0.3) is 0 Å². The number of hydrogen-bond acceptors (Lipinski definition) is 3. The molecule has 0 aromatic carbocycles. The number of allylic oxidation sites excluding steroid dienone is 1. The summed E-state index contributed by atoms with van der Waals surface area (Å²) >= 11 is 0. The number of hydrogen-bond donors (Lipinski definition) is 0. The van der Waals surface area contributed by atoms with Gasteiger partial charge in [-0.25, -0.2) is 4.40 Å². The fourth-order valence-electron chi connectivity index (χ4n) is 0.916. The van der Waals surface area contributed by atoms with E-state index in [1.165, 1.54) is 25.0 Å². The smallest absolute Gasteiger partial charge is 0.0502 e. The van der Waals surface area contributed by atoms with Crippen molar-refractivity contribution >= 4 is 27.5 Å². The molecule has 1 rings (SSSR count). The fourth-order valence-corrected chi connectivity index (χ4v) is 2.20. The van der Waals surface area contributed by atoms with Crippen molar-refractivity contribution in [3.8, 4) is 0 Å². The average molecular weight is 187 g/mol. The lowest BCUT2D eigenvalue weighted by molar-refractivity contribution is 0.743. The van der Waals surface area contributed by atoms with Crippen molar-refractivity contribution in [3.05, 3.63) is 11.5 Å². The van der Waals surface area contributed by atoms with Gasteiger partial charge in [-0.1, -0.05) is 19.8 Å². The molecule has 3 heteroatoms. The molecule has 0 radical (unpaired) electrons. The van der Waals surface area contributed by atoms with Crippen LogP contribution in [0.15, 0.2) is 15.9 Å². The summed E-state index contributed by atoms with van der Waals surface area (Å²) in [6.07, 6.45) is 7.17. The van der Waals surface area contributed by atoms with Gasteiger partial charge in [-0.05, 0) is 35.1 Å². The Morgan fingerprint density at radius 1 is 1.45 bits per heavy atom. The van der Waals surface area contributed by atoms with E-state index in [2.05, 4.69) is 22.8 Å². The second-order valence-electron chi connectivity index (χ2n) is 2.51. The first kappa shape index (κ1) is 9.20. The van der Waals surface area contributed by atoms with E-state index in [1.807, 2.05) is 0 Å². The highest BCUT2D eigenvalue weighted by Crippen LogP contribution is 2.28. The van der Waals surface area contributed by atoms with Gasteiger partial charge in [0.15, 0.2) is 0 Å². The van der Waals surface area contributed by atoms with Crippen LogP contribution in [-0.4, -0.2) is 5.71 Å². The van der Waals surface area contributed by atoms with Gasteiger partial charge in [-0.3, -0.25) is 0 Å². The summed E-state index contributed by atoms with van der Waals surface area (Å²) in [7, 11) is 3.27. The highest BCUT2D eigenvalue weighted by Gasteiger charge is 1.98. The summed E-state index contributed by atoms with van der Waals surface area (Å²) in [5.74, 6) is 0. The molecular formula is C8H13NS2. The Morgan fingerprint density at radius 2 is 2.36 bits per heavy atom. The van der Waals surface area contributed by atoms with Gasteiger partial charge in [-0.15, -0.1) is 0 Å². The molecule has 1 aliphatic heterocycles. The lowest BCUT2D eigenvalue weighted by Crippen LogP contribution is -1.93. The van der Waals surface area contributed by atoms with Gasteiger partial charge in [-0.2, -0.15) is 0 Å². The molecule has 0 spiro atoms. The number of unbranched alkanes of at least 4 members (excludes halogenated alkanes) is 2. The molecule has 0 saturated heterocycles. The van der Waals surface area contributed by atoms with Crippen molar-refractivity contribution < 1.29 is 0 Å². The molecule has 1 heterocycles. The van der Waals surface area contributed by atoms with Crippen molar-refractivity contribution in [3.63, 3.8) is 0 Å². The summed E-state index contributed by atoms with van der Waals surface area (Å²) < 4.78 is 4.31. The van der Waals surface area contributed by atoms with Gasteiger partial charge in [0.25, 0.3) is 0 Å². The highest BCUT2D eigenvalue weighted by molar-refractivity contribution is 8.77. The van der Waals surface area contributed by atoms with E-state index < -0.39 is 0 Å². The van der Waals surface area contributed by atoms with Crippen LogP contribution in [0.1, 0.15) is 32.6 Å². The van der Waals surface area contributed by atoms with Gasteiger partial charge in [0.05, 0.1) is 5.71 Å². The standard InChI is InChI=1S/C8H13NS2/c1-2-3-4-5-8-6-7-10-11-9-8/h6-7H,2-5H2,1H3. The predicted molar refractivity (Wildman–Crippen MR) is 55.9 cm³/mol. The zero-order valence-electron chi connectivity index (χ0n) is 6.75. The SMILES string of the molecule is CCCCCC1=NSSC=C1. The van der Waals surface area contributed by atoms with Crippen molar-refractivity contribution in [1.29, 1.82) is 0 Å². The van der Waals surface area contributed by atoms with Crippen LogP contribution >= 0.6 is 21.8 Å². The fraction of sp³-hybridized carbons (Fsp3) is 0.625. The Morgan fingerprint density at radius 3 is 3.00 bits per heavy atom. The van der Waals surface area contributed by atoms with E-state index >= 15 is 0 Å². The molecule has 62 valence electrons. The molecule has 11 heavy (non-hydrogen) atoms. The van der Waals surface area contributed by atoms with Gasteiger partial charge in [0.2, 0.25) is 0 Å². The Hall–Kier alpha value is 0.110. The topological polar surface area (TPSA) is 12.4 Å². The lowest BCUT2D eigenvalue weighted by atomic mass is 10.1. The molecule has 0 aromatic heterocycles. The molecule has 0 unspecified atom stereocenters. The predicted octanol–water partition coefficient (Wildman–Crippen LogP) is 3.83. The molecular weight excluding hydrogens is 174 g/mol. The van der Waals surface area contributed by atoms with Crippen LogP contribution < -0.4 is 0 Å². The molecule has 0 saturated carbocycles. The quantitative estimate of drug-likeness (QED) is 0.377. The number of nitrogens with zero attached hydrogens (tertiary/aromatic N) is 1. The maximum Gasteiger partial charge on any atom is 0.0502 e. The summed E-state index contributed by atoms with van der Waals surface area (Å²) in [6.45, 7) is 2.23. The maximum absolute atomic E-state index is 4.31. The first-order chi connectivity index (χ1) is 5.43. The van der Waals surface area contributed by atoms with Crippen LogP contribution in [0.5, 0.6) is 0 Å². The van der Waals surface area contributed by atoms with Crippen molar-refractivity contribution in [2.75, 3.05) is 0 Å². The first-order valence-corrected chi connectivity index (χ1v) is 6.16. The van der Waals surface area contributed by atoms with E-state index in [1.54, 1.807) is 21.8 Å². The van der Waals surface area contributed by atoms with Crippen LogP contribution in [-0.2, 0) is 0 Å². The third-order valence-corrected chi connectivity index (χ3v) is 3.01. The number of rotatable bonds is 4. The van der Waals surface area contributed by atoms with Crippen molar-refractivity contribution in [1.82, 2.24) is 0 Å². The van der Waals surface area contributed by atoms with Gasteiger partial charge in [0.1, 0.15) is 0 Å². The summed E-state index contributed by atoms with van der Waals surface area (Å²) in [6, 6.07) is 0. The molecule has 0 amide bonds. The molecule has 0 N–H and O–H groups in total. The third kappa shape index (κ3) is 3.87. The second kappa shape index (κ2) is 5.72. The zero-order valence-corrected chi connectivity index (χ0v) is 8.38. The minimum atomic E-state index is 1.15. The van der Waals surface area contributed by atoms with Crippen LogP contribution in [0, 0.1) is 0 Å². The molecule has 0 bridgehead atoms. The van der Waals surface area contributed by atoms with E-state index in [0.717, 1.165) is 6.42 Å². The molecule has 0 atom stereocenters. The van der Waals surface area contributed by atoms with Gasteiger partial charge >= 0.3 is 0 Å². The van der Waals surface area contributed by atoms with E-state index in [0.29, 0.717) is 0 Å². The Labute approximate surface area is 76.3 Å². The molecule has 0 aliphatic carbocycles. The summed E-state index contributed by atoms with van der Waals surface area (Å²) in [4.78, 5) is 0. The minimum Gasteiger partial charge on any atom is -0.209 e. The molecule has 1 nitrogen and oxygen atoms in total. The largest absolute Gasteiger partial charge is 0.209 e. The van der Waals surface area contributed by atoms with Crippen molar-refractivity contribution in [2.45, 2.75) is 32.6 Å². The Bertz CT molecular complexity index is 163. The Kier molecular flexibility index (Phi) is 4.79.